The maximum Gasteiger partial charge on any atom is 0.280 e. The van der Waals surface area contributed by atoms with Crippen LogP contribution in [-0.2, 0) is 0 Å². The Kier molecular flexibility index (Phi) is 2.07. The summed E-state index contributed by atoms with van der Waals surface area (Å²) < 4.78 is 0. The van der Waals surface area contributed by atoms with Crippen molar-refractivity contribution in [2.24, 2.45) is 0 Å². The fourth-order valence-electron chi connectivity index (χ4n) is 0.434. The molecule has 1 aromatic carbocycles. The molecule has 0 saturated carbocycles. The van der Waals surface area contributed by atoms with Crippen molar-refractivity contribution in [3.8, 4) is 0 Å². The Bertz CT molecular complexity index is 347. The van der Waals surface area contributed by atoms with Crippen molar-refractivity contribution in [3.63, 3.8) is 0 Å². The summed E-state index contributed by atoms with van der Waals surface area (Å²) >= 11 is 0. The van der Waals surface area contributed by atoms with Gasteiger partial charge in [-0.3, -0.25) is 14.4 Å². The Morgan fingerprint density at radius 1 is 0.500 bits per heavy atom. The molecule has 0 amide bonds. The van der Waals surface area contributed by atoms with Gasteiger partial charge in [0, 0.05) is 0 Å². The SMILES string of the molecule is O=c1c#cc(=O)c#cc(=O)c#c1. The van der Waals surface area contributed by atoms with Crippen LogP contribution in [0, 0.1) is 36.4 Å². The molecular formula is C9O3. The average molecular weight is 156 g/mol. The van der Waals surface area contributed by atoms with Gasteiger partial charge in [-0.05, 0) is 36.4 Å². The van der Waals surface area contributed by atoms with Crippen molar-refractivity contribution in [3.05, 3.63) is 67.1 Å². The van der Waals surface area contributed by atoms with Crippen LogP contribution in [0.4, 0.5) is 0 Å². The first-order chi connectivity index (χ1) is 5.68. The largest absolute Gasteiger partial charge is 0.280 e. The van der Waals surface area contributed by atoms with E-state index in [0.29, 0.717) is 0 Å². The Labute approximate surface area is 67.9 Å². The molecule has 0 unspecified atom stereocenters. The predicted molar refractivity (Wildman–Crippen MR) is 38.3 cm³/mol. The van der Waals surface area contributed by atoms with E-state index in [2.05, 4.69) is 0 Å². The number of hydrogen-bond acceptors (Lipinski definition) is 3. The summed E-state index contributed by atoms with van der Waals surface area (Å²) in [4.78, 5) is 31.7. The summed E-state index contributed by atoms with van der Waals surface area (Å²) in [5, 5.41) is 0. The van der Waals surface area contributed by atoms with Crippen LogP contribution in [0.5, 0.6) is 0 Å². The Hall–Kier alpha value is -2.31. The lowest BCUT2D eigenvalue weighted by Crippen LogP contribution is -1.90. The standard InChI is InChI=1S/C9O3/c10-7-1-2-8(11)5-6-9(12)4-3-7. The molecule has 0 saturated heterocycles. The highest BCUT2D eigenvalue weighted by atomic mass is 16.1. The Balaban J connectivity index is 3.65. The molecule has 0 bridgehead atoms. The Morgan fingerprint density at radius 3 is 0.833 bits per heavy atom. The zero-order valence-corrected chi connectivity index (χ0v) is 5.72. The molecule has 0 aromatic heterocycles. The van der Waals surface area contributed by atoms with Crippen LogP contribution >= 0.6 is 0 Å². The second kappa shape index (κ2) is 3.19. The van der Waals surface area contributed by atoms with Crippen molar-refractivity contribution >= 4 is 0 Å². The van der Waals surface area contributed by atoms with Crippen LogP contribution in [0.25, 0.3) is 0 Å². The van der Waals surface area contributed by atoms with E-state index in [1.54, 1.807) is 0 Å². The smallest absolute Gasteiger partial charge is 0.270 e. The molecule has 0 spiro atoms. The zero-order chi connectivity index (χ0) is 8.97. The number of hydrogen-bond donors (Lipinski definition) is 0. The lowest BCUT2D eigenvalue weighted by atomic mass is 10.6. The van der Waals surface area contributed by atoms with Gasteiger partial charge >= 0.3 is 0 Å². The summed E-state index contributed by atoms with van der Waals surface area (Å²) in [6.07, 6.45) is 0. The molecule has 0 aliphatic rings. The van der Waals surface area contributed by atoms with Crippen LogP contribution in [0.1, 0.15) is 0 Å². The van der Waals surface area contributed by atoms with Crippen molar-refractivity contribution in [1.29, 1.82) is 0 Å². The van der Waals surface area contributed by atoms with E-state index in [0.717, 1.165) is 0 Å². The molecule has 1 rings (SSSR count). The molecule has 0 fully saturated rings. The molecular weight excluding hydrogens is 156 g/mol. The third-order valence-electron chi connectivity index (χ3n) is 0.869. The monoisotopic (exact) mass is 156 g/mol. The van der Waals surface area contributed by atoms with Crippen LogP contribution < -0.4 is 16.3 Å². The summed E-state index contributed by atoms with van der Waals surface area (Å²) in [6.45, 7) is 0. The second-order valence-corrected chi connectivity index (χ2v) is 1.74. The normalized spacial score (nSPS) is 7.00. The van der Waals surface area contributed by atoms with Gasteiger partial charge in [0.1, 0.15) is 0 Å². The van der Waals surface area contributed by atoms with Crippen LogP contribution in [-0.4, -0.2) is 0 Å². The minimum atomic E-state index is -0.762. The molecule has 0 N–H and O–H groups in total. The molecule has 54 valence electrons. The maximum atomic E-state index is 10.6. The van der Waals surface area contributed by atoms with Crippen molar-refractivity contribution in [1.82, 2.24) is 0 Å². The summed E-state index contributed by atoms with van der Waals surface area (Å²) in [6, 6.07) is 11.6. The Morgan fingerprint density at radius 2 is 0.667 bits per heavy atom. The van der Waals surface area contributed by atoms with E-state index in [4.69, 9.17) is 0 Å². The molecule has 12 heavy (non-hydrogen) atoms. The van der Waals surface area contributed by atoms with Crippen molar-refractivity contribution < 1.29 is 0 Å². The third kappa shape index (κ3) is 2.14. The molecule has 0 atom stereocenters. The summed E-state index contributed by atoms with van der Waals surface area (Å²) in [5.74, 6) is 0. The van der Waals surface area contributed by atoms with Crippen molar-refractivity contribution in [2.75, 3.05) is 0 Å². The molecule has 3 nitrogen and oxygen atoms in total. The van der Waals surface area contributed by atoms with E-state index < -0.39 is 16.3 Å². The van der Waals surface area contributed by atoms with Gasteiger partial charge in [-0.1, -0.05) is 0 Å². The topological polar surface area (TPSA) is 51.2 Å². The fraction of sp³-hybridized carbons (Fsp3) is 0. The first kappa shape index (κ1) is 7.79. The van der Waals surface area contributed by atoms with Gasteiger partial charge in [0.2, 0.25) is 0 Å². The molecule has 0 radical (unpaired) electrons. The fourth-order valence-corrected chi connectivity index (χ4v) is 0.434. The van der Waals surface area contributed by atoms with Gasteiger partial charge < -0.3 is 0 Å². The minimum Gasteiger partial charge on any atom is -0.270 e. The third-order valence-corrected chi connectivity index (χ3v) is 0.869. The first-order valence-electron chi connectivity index (χ1n) is 2.86. The van der Waals surface area contributed by atoms with Crippen LogP contribution in [0.2, 0.25) is 0 Å². The van der Waals surface area contributed by atoms with Gasteiger partial charge in [0.25, 0.3) is 16.3 Å². The lowest BCUT2D eigenvalue weighted by Gasteiger charge is -1.45. The van der Waals surface area contributed by atoms with E-state index in [1.807, 2.05) is 36.4 Å². The quantitative estimate of drug-likeness (QED) is 0.462. The van der Waals surface area contributed by atoms with Gasteiger partial charge in [-0.15, -0.1) is 0 Å². The molecule has 0 aliphatic heterocycles. The minimum absolute atomic E-state index is 0.762. The highest BCUT2D eigenvalue weighted by molar-refractivity contribution is 4.81. The van der Waals surface area contributed by atoms with Gasteiger partial charge in [-0.2, -0.15) is 0 Å². The van der Waals surface area contributed by atoms with Gasteiger partial charge in [0.05, 0.1) is 0 Å². The van der Waals surface area contributed by atoms with E-state index >= 15 is 0 Å². The molecule has 0 aliphatic carbocycles. The highest BCUT2D eigenvalue weighted by Gasteiger charge is 1.72. The molecule has 3 heteroatoms. The summed E-state index contributed by atoms with van der Waals surface area (Å²) in [5.41, 5.74) is -2.29. The number of rotatable bonds is 0. The maximum absolute atomic E-state index is 10.6. The lowest BCUT2D eigenvalue weighted by molar-refractivity contribution is 1.66. The zero-order valence-electron chi connectivity index (χ0n) is 5.72. The molecule has 1 aromatic rings. The van der Waals surface area contributed by atoms with Gasteiger partial charge in [0.15, 0.2) is 0 Å². The highest BCUT2D eigenvalue weighted by Crippen LogP contribution is 1.41. The van der Waals surface area contributed by atoms with Gasteiger partial charge in [-0.25, -0.2) is 0 Å². The van der Waals surface area contributed by atoms with E-state index in [1.165, 1.54) is 0 Å². The van der Waals surface area contributed by atoms with Crippen LogP contribution in [0.15, 0.2) is 14.4 Å². The van der Waals surface area contributed by atoms with Crippen molar-refractivity contribution in [2.45, 2.75) is 0 Å². The first-order valence-corrected chi connectivity index (χ1v) is 2.86. The average Bonchev–Trinajstić information content (AvgIpc) is 2.11. The van der Waals surface area contributed by atoms with E-state index in [-0.39, 0.29) is 0 Å². The van der Waals surface area contributed by atoms with E-state index in [9.17, 15) is 14.4 Å². The predicted octanol–water partition coefficient (Wildman–Crippen LogP) is -1.43. The second-order valence-electron chi connectivity index (χ2n) is 1.74. The molecule has 0 heterocycles. The summed E-state index contributed by atoms with van der Waals surface area (Å²) in [7, 11) is 0. The van der Waals surface area contributed by atoms with Crippen LogP contribution in [0.3, 0.4) is 0 Å².